The second kappa shape index (κ2) is 6.33. The maximum Gasteiger partial charge on any atom is 0.123 e. The van der Waals surface area contributed by atoms with Crippen molar-refractivity contribution in [3.63, 3.8) is 0 Å². The lowest BCUT2D eigenvalue weighted by Crippen LogP contribution is -2.41. The van der Waals surface area contributed by atoms with Crippen LogP contribution >= 0.6 is 0 Å². The van der Waals surface area contributed by atoms with Crippen molar-refractivity contribution < 1.29 is 5.76 Å². The first-order valence-corrected chi connectivity index (χ1v) is 11.3. The zero-order valence-corrected chi connectivity index (χ0v) is 15.4. The SMILES string of the molecule is [2H]C(C)(c1cc(-c2ccc(F)cc2)ncc1[Si](C)(C)C)C(C)C. The Morgan fingerprint density at radius 3 is 2.18 bits per heavy atom. The molecule has 0 aliphatic heterocycles. The van der Waals surface area contributed by atoms with Crippen molar-refractivity contribution in [2.45, 2.75) is 46.3 Å². The van der Waals surface area contributed by atoms with E-state index in [1.54, 1.807) is 12.1 Å². The molecule has 3 heteroatoms. The van der Waals surface area contributed by atoms with Crippen LogP contribution in [0.25, 0.3) is 11.3 Å². The van der Waals surface area contributed by atoms with Gasteiger partial charge in [0.15, 0.2) is 0 Å². The molecule has 0 aliphatic carbocycles. The van der Waals surface area contributed by atoms with Gasteiger partial charge in [0.05, 0.1) is 13.8 Å². The van der Waals surface area contributed by atoms with Gasteiger partial charge < -0.3 is 0 Å². The maximum atomic E-state index is 13.2. The van der Waals surface area contributed by atoms with E-state index in [1.165, 1.54) is 17.3 Å². The highest BCUT2D eigenvalue weighted by molar-refractivity contribution is 6.89. The fraction of sp³-hybridized carbons (Fsp3) is 0.421. The van der Waals surface area contributed by atoms with Crippen molar-refractivity contribution in [2.75, 3.05) is 0 Å². The van der Waals surface area contributed by atoms with E-state index in [-0.39, 0.29) is 11.7 Å². The van der Waals surface area contributed by atoms with E-state index < -0.39 is 14.0 Å². The van der Waals surface area contributed by atoms with Crippen LogP contribution in [0.2, 0.25) is 19.6 Å². The molecule has 1 atom stereocenters. The van der Waals surface area contributed by atoms with Crippen LogP contribution in [0.3, 0.4) is 0 Å². The van der Waals surface area contributed by atoms with Crippen LogP contribution in [0.15, 0.2) is 36.5 Å². The highest BCUT2D eigenvalue weighted by Crippen LogP contribution is 2.27. The van der Waals surface area contributed by atoms with Gasteiger partial charge in [0, 0.05) is 13.1 Å². The van der Waals surface area contributed by atoms with Crippen molar-refractivity contribution in [1.82, 2.24) is 4.98 Å². The topological polar surface area (TPSA) is 12.9 Å². The Morgan fingerprint density at radius 2 is 1.68 bits per heavy atom. The second-order valence-corrected chi connectivity index (χ2v) is 12.2. The Labute approximate surface area is 136 Å². The lowest BCUT2D eigenvalue weighted by molar-refractivity contribution is 0.537. The standard InChI is InChI=1S/C19H26FNSi/c1-13(2)14(3)17-11-18(15-7-9-16(20)10-8-15)21-12-19(17)22(4,5)6/h7-14H,1-6H3/i14D. The first-order chi connectivity index (χ1) is 10.5. The predicted molar refractivity (Wildman–Crippen MR) is 95.9 cm³/mol. The highest BCUT2D eigenvalue weighted by atomic mass is 28.3. The van der Waals surface area contributed by atoms with E-state index in [0.29, 0.717) is 0 Å². The summed E-state index contributed by atoms with van der Waals surface area (Å²) in [4.78, 5) is 4.61. The molecule has 1 heterocycles. The van der Waals surface area contributed by atoms with Gasteiger partial charge in [-0.3, -0.25) is 4.98 Å². The molecule has 0 spiro atoms. The zero-order valence-electron chi connectivity index (χ0n) is 15.4. The summed E-state index contributed by atoms with van der Waals surface area (Å²) >= 11 is 0. The minimum Gasteiger partial charge on any atom is -0.256 e. The third-order valence-electron chi connectivity index (χ3n) is 4.14. The maximum absolute atomic E-state index is 13.2. The molecule has 118 valence electrons. The predicted octanol–water partition coefficient (Wildman–Crippen LogP) is 5.19. The summed E-state index contributed by atoms with van der Waals surface area (Å²) in [6.45, 7) is 13.0. The van der Waals surface area contributed by atoms with Gasteiger partial charge in [-0.15, -0.1) is 0 Å². The van der Waals surface area contributed by atoms with Crippen molar-refractivity contribution in [3.05, 3.63) is 47.9 Å². The largest absolute Gasteiger partial charge is 0.256 e. The van der Waals surface area contributed by atoms with Crippen LogP contribution in [0, 0.1) is 11.7 Å². The van der Waals surface area contributed by atoms with Crippen LogP contribution in [0.5, 0.6) is 0 Å². The first kappa shape index (κ1) is 15.4. The molecule has 1 nitrogen and oxygen atoms in total. The van der Waals surface area contributed by atoms with Gasteiger partial charge in [-0.25, -0.2) is 4.39 Å². The highest BCUT2D eigenvalue weighted by Gasteiger charge is 2.25. The van der Waals surface area contributed by atoms with Crippen LogP contribution in [-0.4, -0.2) is 13.1 Å². The number of pyridine rings is 1. The number of nitrogens with zero attached hydrogens (tertiary/aromatic N) is 1. The average molecular weight is 317 g/mol. The summed E-state index contributed by atoms with van der Waals surface area (Å²) in [7, 11) is -1.61. The summed E-state index contributed by atoms with van der Waals surface area (Å²) < 4.78 is 22.0. The Morgan fingerprint density at radius 1 is 1.09 bits per heavy atom. The number of hydrogen-bond donors (Lipinski definition) is 0. The van der Waals surface area contributed by atoms with E-state index in [4.69, 9.17) is 1.37 Å². The molecule has 0 saturated carbocycles. The number of benzene rings is 1. The van der Waals surface area contributed by atoms with Crippen LogP contribution in [-0.2, 0) is 0 Å². The van der Waals surface area contributed by atoms with Gasteiger partial charge in [-0.05, 0) is 52.9 Å². The average Bonchev–Trinajstić information content (AvgIpc) is 2.46. The second-order valence-electron chi connectivity index (χ2n) is 7.21. The van der Waals surface area contributed by atoms with E-state index in [0.717, 1.165) is 16.8 Å². The number of halogens is 1. The molecule has 0 N–H and O–H groups in total. The third-order valence-corrected chi connectivity index (χ3v) is 6.16. The molecule has 0 amide bonds. The molecule has 1 aromatic carbocycles. The summed E-state index contributed by atoms with van der Waals surface area (Å²) in [6, 6.07) is 8.42. The molecular weight excluding hydrogens is 289 g/mol. The Hall–Kier alpha value is -1.48. The lowest BCUT2D eigenvalue weighted by atomic mass is 9.90. The molecule has 2 rings (SSSR count). The van der Waals surface area contributed by atoms with Gasteiger partial charge in [0.1, 0.15) is 5.82 Å². The van der Waals surface area contributed by atoms with E-state index in [1.807, 2.05) is 19.2 Å². The molecule has 0 saturated heterocycles. The van der Waals surface area contributed by atoms with E-state index >= 15 is 0 Å². The van der Waals surface area contributed by atoms with E-state index in [9.17, 15) is 4.39 Å². The molecule has 1 unspecified atom stereocenters. The number of hydrogen-bond acceptors (Lipinski definition) is 1. The molecule has 0 bridgehead atoms. The van der Waals surface area contributed by atoms with Crippen molar-refractivity contribution >= 4 is 13.3 Å². The zero-order chi connectivity index (χ0) is 17.4. The van der Waals surface area contributed by atoms with Crippen LogP contribution in [0.4, 0.5) is 4.39 Å². The molecule has 0 radical (unpaired) electrons. The van der Waals surface area contributed by atoms with Gasteiger partial charge >= 0.3 is 0 Å². The number of aromatic nitrogens is 1. The number of rotatable bonds is 4. The van der Waals surface area contributed by atoms with Gasteiger partial charge in [0.2, 0.25) is 0 Å². The molecule has 2 aromatic rings. The minimum atomic E-state index is -1.61. The lowest BCUT2D eigenvalue weighted by Gasteiger charge is -2.26. The quantitative estimate of drug-likeness (QED) is 0.707. The van der Waals surface area contributed by atoms with E-state index in [2.05, 4.69) is 38.5 Å². The molecule has 22 heavy (non-hydrogen) atoms. The van der Waals surface area contributed by atoms with Gasteiger partial charge in [-0.2, -0.15) is 0 Å². The van der Waals surface area contributed by atoms with Gasteiger partial charge in [-0.1, -0.05) is 40.4 Å². The minimum absolute atomic E-state index is 0.195. The molecule has 1 aromatic heterocycles. The normalized spacial score (nSPS) is 15.5. The summed E-state index contributed by atoms with van der Waals surface area (Å²) in [5, 5.41) is 1.23. The van der Waals surface area contributed by atoms with Crippen molar-refractivity contribution in [2.24, 2.45) is 5.92 Å². The first-order valence-electron chi connectivity index (χ1n) is 8.30. The monoisotopic (exact) mass is 316 g/mol. The third kappa shape index (κ3) is 3.64. The Kier molecular flexibility index (Phi) is 4.43. The van der Waals surface area contributed by atoms with Crippen molar-refractivity contribution in [1.29, 1.82) is 0 Å². The molecular formula is C19H26FNSi. The summed E-state index contributed by atoms with van der Waals surface area (Å²) in [6.07, 6.45) is 1.94. The molecule has 0 aliphatic rings. The fourth-order valence-electron chi connectivity index (χ4n) is 2.47. The Balaban J connectivity index is 2.65. The Bertz CT molecular complexity index is 688. The summed E-state index contributed by atoms with van der Waals surface area (Å²) in [5.74, 6) is -0.728. The van der Waals surface area contributed by atoms with Gasteiger partial charge in [0.25, 0.3) is 0 Å². The smallest absolute Gasteiger partial charge is 0.123 e. The fourth-order valence-corrected chi connectivity index (χ4v) is 4.00. The van der Waals surface area contributed by atoms with Crippen LogP contribution in [0.1, 0.15) is 33.6 Å². The van der Waals surface area contributed by atoms with Crippen LogP contribution < -0.4 is 5.19 Å². The molecule has 0 fully saturated rings. The summed E-state index contributed by atoms with van der Waals surface area (Å²) in [5.41, 5.74) is 2.75. The van der Waals surface area contributed by atoms with Crippen molar-refractivity contribution in [3.8, 4) is 11.3 Å².